The molecule has 174 valence electrons. The summed E-state index contributed by atoms with van der Waals surface area (Å²) in [5, 5.41) is 8.85. The molecule has 0 spiro atoms. The van der Waals surface area contributed by atoms with Crippen molar-refractivity contribution in [2.45, 2.75) is 44.6 Å². The molecule has 1 atom stereocenters. The van der Waals surface area contributed by atoms with E-state index in [1.807, 2.05) is 74.5 Å². The standard InChI is InChI=1S/C27H30O5S/c1-4-21-10-12-24(25(17-21)32-22-8-6-5-7-9-22)31-20(3)14-15-30-23-11-13-26(19(2)16-23)33-18-27(28)29/h5-13,16-17,20H,4,14-15,18H2,1-3H3,(H,28,29). The lowest BCUT2D eigenvalue weighted by Crippen LogP contribution is -2.16. The molecule has 5 nitrogen and oxygen atoms in total. The number of thioether (sulfide) groups is 1. The van der Waals surface area contributed by atoms with Gasteiger partial charge in [0.25, 0.3) is 0 Å². The van der Waals surface area contributed by atoms with E-state index >= 15 is 0 Å². The van der Waals surface area contributed by atoms with Crippen molar-refractivity contribution in [1.82, 2.24) is 0 Å². The molecule has 0 amide bonds. The number of benzene rings is 3. The summed E-state index contributed by atoms with van der Waals surface area (Å²) in [6.45, 7) is 6.59. The van der Waals surface area contributed by atoms with Gasteiger partial charge in [0.2, 0.25) is 0 Å². The number of rotatable bonds is 12. The molecule has 1 unspecified atom stereocenters. The number of hydrogen-bond acceptors (Lipinski definition) is 5. The maximum Gasteiger partial charge on any atom is 0.313 e. The molecular weight excluding hydrogens is 436 g/mol. The highest BCUT2D eigenvalue weighted by molar-refractivity contribution is 8.00. The minimum atomic E-state index is -0.824. The number of aryl methyl sites for hydroxylation is 2. The van der Waals surface area contributed by atoms with Crippen LogP contribution in [0.5, 0.6) is 23.0 Å². The molecule has 0 saturated carbocycles. The molecule has 0 aliphatic rings. The summed E-state index contributed by atoms with van der Waals surface area (Å²) in [6, 6.07) is 21.5. The number of carboxylic acid groups (broad SMARTS) is 1. The summed E-state index contributed by atoms with van der Waals surface area (Å²) < 4.78 is 18.2. The lowest BCUT2D eigenvalue weighted by atomic mass is 10.1. The maximum absolute atomic E-state index is 10.8. The maximum atomic E-state index is 10.8. The van der Waals surface area contributed by atoms with Gasteiger partial charge in [-0.2, -0.15) is 0 Å². The Morgan fingerprint density at radius 1 is 1.00 bits per heavy atom. The molecule has 1 N–H and O–H groups in total. The Balaban J connectivity index is 1.56. The molecule has 6 heteroatoms. The van der Waals surface area contributed by atoms with Gasteiger partial charge in [0.15, 0.2) is 11.5 Å². The minimum absolute atomic E-state index is 0.0467. The fourth-order valence-electron chi connectivity index (χ4n) is 3.20. The second-order valence-corrected chi connectivity index (χ2v) is 8.74. The predicted molar refractivity (Wildman–Crippen MR) is 132 cm³/mol. The van der Waals surface area contributed by atoms with Crippen LogP contribution in [-0.4, -0.2) is 29.5 Å². The van der Waals surface area contributed by atoms with E-state index in [9.17, 15) is 4.79 Å². The number of hydrogen-bond donors (Lipinski definition) is 1. The fourth-order valence-corrected chi connectivity index (χ4v) is 3.93. The molecule has 0 aliphatic carbocycles. The highest BCUT2D eigenvalue weighted by atomic mass is 32.2. The summed E-state index contributed by atoms with van der Waals surface area (Å²) in [6.07, 6.45) is 1.55. The molecule has 0 saturated heterocycles. The monoisotopic (exact) mass is 466 g/mol. The van der Waals surface area contributed by atoms with Gasteiger partial charge in [-0.05, 0) is 73.9 Å². The SMILES string of the molecule is CCc1ccc(OC(C)CCOc2ccc(SCC(=O)O)c(C)c2)c(Oc2ccccc2)c1. The van der Waals surface area contributed by atoms with Crippen molar-refractivity contribution >= 4 is 17.7 Å². The van der Waals surface area contributed by atoms with E-state index in [0.717, 1.165) is 28.4 Å². The first kappa shape index (κ1) is 24.5. The van der Waals surface area contributed by atoms with E-state index in [-0.39, 0.29) is 11.9 Å². The van der Waals surface area contributed by atoms with Crippen molar-refractivity contribution in [3.63, 3.8) is 0 Å². The van der Waals surface area contributed by atoms with E-state index in [4.69, 9.17) is 19.3 Å². The first-order chi connectivity index (χ1) is 15.9. The van der Waals surface area contributed by atoms with Crippen molar-refractivity contribution in [3.05, 3.63) is 77.9 Å². The Labute approximate surface area is 199 Å². The number of para-hydroxylation sites is 1. The zero-order valence-electron chi connectivity index (χ0n) is 19.2. The molecule has 3 aromatic carbocycles. The van der Waals surface area contributed by atoms with Crippen LogP contribution in [0.3, 0.4) is 0 Å². The lowest BCUT2D eigenvalue weighted by molar-refractivity contribution is -0.133. The molecule has 0 aliphatic heterocycles. The van der Waals surface area contributed by atoms with Gasteiger partial charge in [-0.15, -0.1) is 11.8 Å². The van der Waals surface area contributed by atoms with Gasteiger partial charge in [-0.1, -0.05) is 31.2 Å². The zero-order valence-corrected chi connectivity index (χ0v) is 20.1. The molecule has 0 radical (unpaired) electrons. The van der Waals surface area contributed by atoms with Gasteiger partial charge in [-0.3, -0.25) is 4.79 Å². The van der Waals surface area contributed by atoms with Gasteiger partial charge in [-0.25, -0.2) is 0 Å². The zero-order chi connectivity index (χ0) is 23.6. The lowest BCUT2D eigenvalue weighted by Gasteiger charge is -2.19. The molecule has 3 aromatic rings. The van der Waals surface area contributed by atoms with Crippen LogP contribution in [0.25, 0.3) is 0 Å². The Hall–Kier alpha value is -3.12. The summed E-state index contributed by atoms with van der Waals surface area (Å²) in [4.78, 5) is 11.7. The molecule has 0 bridgehead atoms. The summed E-state index contributed by atoms with van der Waals surface area (Å²) >= 11 is 1.31. The molecule has 33 heavy (non-hydrogen) atoms. The van der Waals surface area contributed by atoms with Crippen LogP contribution >= 0.6 is 11.8 Å². The van der Waals surface area contributed by atoms with Crippen molar-refractivity contribution in [3.8, 4) is 23.0 Å². The smallest absolute Gasteiger partial charge is 0.313 e. The van der Waals surface area contributed by atoms with Crippen LogP contribution in [0.2, 0.25) is 0 Å². The second kappa shape index (κ2) is 12.2. The number of ether oxygens (including phenoxy) is 3. The van der Waals surface area contributed by atoms with E-state index < -0.39 is 5.97 Å². The molecular formula is C27H30O5S. The van der Waals surface area contributed by atoms with Gasteiger partial charge in [0, 0.05) is 11.3 Å². The minimum Gasteiger partial charge on any atom is -0.493 e. The Morgan fingerprint density at radius 2 is 1.79 bits per heavy atom. The Bertz CT molecular complexity index is 1050. The largest absolute Gasteiger partial charge is 0.493 e. The van der Waals surface area contributed by atoms with E-state index in [1.165, 1.54) is 17.3 Å². The second-order valence-electron chi connectivity index (χ2n) is 7.73. The topological polar surface area (TPSA) is 65.0 Å². The summed E-state index contributed by atoms with van der Waals surface area (Å²) in [5.74, 6) is 2.17. The fraction of sp³-hybridized carbons (Fsp3) is 0.296. The third-order valence-corrected chi connectivity index (χ3v) is 6.17. The molecule has 0 heterocycles. The Morgan fingerprint density at radius 3 is 2.48 bits per heavy atom. The van der Waals surface area contributed by atoms with E-state index in [1.54, 1.807) is 0 Å². The van der Waals surface area contributed by atoms with Gasteiger partial charge >= 0.3 is 5.97 Å². The third kappa shape index (κ3) is 7.75. The first-order valence-electron chi connectivity index (χ1n) is 11.0. The van der Waals surface area contributed by atoms with Gasteiger partial charge in [0.05, 0.1) is 18.5 Å². The van der Waals surface area contributed by atoms with E-state index in [2.05, 4.69) is 13.0 Å². The molecule has 3 rings (SSSR count). The van der Waals surface area contributed by atoms with E-state index in [0.29, 0.717) is 24.5 Å². The normalized spacial score (nSPS) is 11.6. The van der Waals surface area contributed by atoms with Crippen molar-refractivity contribution < 1.29 is 24.1 Å². The number of carbonyl (C=O) groups is 1. The highest BCUT2D eigenvalue weighted by Crippen LogP contribution is 2.34. The van der Waals surface area contributed by atoms with Crippen LogP contribution in [0, 0.1) is 6.92 Å². The van der Waals surface area contributed by atoms with Crippen LogP contribution in [0.4, 0.5) is 0 Å². The predicted octanol–water partition coefficient (Wildman–Crippen LogP) is 6.76. The van der Waals surface area contributed by atoms with Crippen molar-refractivity contribution in [2.24, 2.45) is 0 Å². The summed E-state index contributed by atoms with van der Waals surface area (Å²) in [5.41, 5.74) is 2.19. The van der Waals surface area contributed by atoms with Crippen LogP contribution < -0.4 is 14.2 Å². The molecule has 0 aromatic heterocycles. The molecule has 0 fully saturated rings. The van der Waals surface area contributed by atoms with Crippen molar-refractivity contribution in [2.75, 3.05) is 12.4 Å². The quantitative estimate of drug-likeness (QED) is 0.297. The van der Waals surface area contributed by atoms with Crippen LogP contribution in [-0.2, 0) is 11.2 Å². The number of carboxylic acids is 1. The van der Waals surface area contributed by atoms with Gasteiger partial charge < -0.3 is 19.3 Å². The highest BCUT2D eigenvalue weighted by Gasteiger charge is 2.12. The van der Waals surface area contributed by atoms with Gasteiger partial charge in [0.1, 0.15) is 11.5 Å². The van der Waals surface area contributed by atoms with Crippen molar-refractivity contribution in [1.29, 1.82) is 0 Å². The third-order valence-electron chi connectivity index (χ3n) is 5.01. The Kier molecular flexibility index (Phi) is 9.07. The van der Waals surface area contributed by atoms with Crippen LogP contribution in [0.15, 0.2) is 71.6 Å². The number of aliphatic carboxylic acids is 1. The average Bonchev–Trinajstić information content (AvgIpc) is 2.80. The first-order valence-corrected chi connectivity index (χ1v) is 12.0. The summed E-state index contributed by atoms with van der Waals surface area (Å²) in [7, 11) is 0. The van der Waals surface area contributed by atoms with Crippen LogP contribution in [0.1, 0.15) is 31.4 Å². The average molecular weight is 467 g/mol.